The van der Waals surface area contributed by atoms with E-state index in [0.717, 1.165) is 27.6 Å². The summed E-state index contributed by atoms with van der Waals surface area (Å²) in [6.07, 6.45) is 0.549. The van der Waals surface area contributed by atoms with Crippen LogP contribution in [0.2, 0.25) is 0 Å². The molecule has 6 nitrogen and oxygen atoms in total. The predicted octanol–water partition coefficient (Wildman–Crippen LogP) is 2.90. The zero-order valence-corrected chi connectivity index (χ0v) is 16.1. The molecule has 6 heteroatoms. The second-order valence-corrected chi connectivity index (χ2v) is 7.36. The fourth-order valence-corrected chi connectivity index (χ4v) is 3.85. The number of carbonyl (C=O) groups excluding carboxylic acids is 2. The number of carbonyl (C=O) groups is 2. The van der Waals surface area contributed by atoms with Crippen LogP contribution in [-0.2, 0) is 22.6 Å². The Hall–Kier alpha value is -3.15. The number of fused-ring (bicyclic) bond motifs is 1. The van der Waals surface area contributed by atoms with Crippen molar-refractivity contribution in [1.82, 2.24) is 15.4 Å². The number of aromatic nitrogens is 1. The molecule has 1 aliphatic heterocycles. The molecule has 1 atom stereocenters. The number of hydrogen-bond donors (Lipinski definition) is 1. The molecule has 1 fully saturated rings. The van der Waals surface area contributed by atoms with Crippen molar-refractivity contribution >= 4 is 22.6 Å². The van der Waals surface area contributed by atoms with Crippen molar-refractivity contribution in [1.29, 1.82) is 0 Å². The normalized spacial score (nSPS) is 16.7. The van der Waals surface area contributed by atoms with Gasteiger partial charge in [-0.1, -0.05) is 47.6 Å². The Morgan fingerprint density at radius 1 is 1.21 bits per heavy atom. The van der Waals surface area contributed by atoms with Crippen LogP contribution in [0.5, 0.6) is 0 Å². The van der Waals surface area contributed by atoms with Crippen molar-refractivity contribution < 1.29 is 14.1 Å². The van der Waals surface area contributed by atoms with Gasteiger partial charge in [0.1, 0.15) is 5.76 Å². The first kappa shape index (κ1) is 18.2. The summed E-state index contributed by atoms with van der Waals surface area (Å²) < 4.78 is 5.11. The van der Waals surface area contributed by atoms with Crippen LogP contribution >= 0.6 is 0 Å². The summed E-state index contributed by atoms with van der Waals surface area (Å²) in [5.41, 5.74) is 2.66. The minimum Gasteiger partial charge on any atom is -0.361 e. The summed E-state index contributed by atoms with van der Waals surface area (Å²) in [5, 5.41) is 9.18. The highest BCUT2D eigenvalue weighted by atomic mass is 16.5. The van der Waals surface area contributed by atoms with Gasteiger partial charge in [0.25, 0.3) is 0 Å². The summed E-state index contributed by atoms with van der Waals surface area (Å²) in [7, 11) is 0. The molecule has 0 bridgehead atoms. The van der Waals surface area contributed by atoms with E-state index in [1.165, 1.54) is 0 Å². The van der Waals surface area contributed by atoms with Crippen LogP contribution in [0, 0.1) is 13.8 Å². The third kappa shape index (κ3) is 3.63. The summed E-state index contributed by atoms with van der Waals surface area (Å²) in [5.74, 6) is 0.613. The van der Waals surface area contributed by atoms with Gasteiger partial charge in [0.15, 0.2) is 0 Å². The third-order valence-corrected chi connectivity index (χ3v) is 5.34. The number of likely N-dealkylation sites (tertiary alicyclic amines) is 1. The van der Waals surface area contributed by atoms with E-state index < -0.39 is 0 Å². The van der Waals surface area contributed by atoms with Crippen molar-refractivity contribution in [2.75, 3.05) is 6.54 Å². The average molecular weight is 377 g/mol. The molecule has 2 heterocycles. The smallest absolute Gasteiger partial charge is 0.225 e. The average Bonchev–Trinajstić information content (AvgIpc) is 3.18. The molecule has 2 aromatic carbocycles. The van der Waals surface area contributed by atoms with E-state index in [9.17, 15) is 9.59 Å². The molecule has 3 aromatic rings. The highest BCUT2D eigenvalue weighted by Crippen LogP contribution is 2.22. The minimum absolute atomic E-state index is 0.0653. The lowest BCUT2D eigenvalue weighted by Crippen LogP contribution is -2.38. The summed E-state index contributed by atoms with van der Waals surface area (Å²) >= 11 is 0. The van der Waals surface area contributed by atoms with Crippen molar-refractivity contribution in [2.45, 2.75) is 39.3 Å². The van der Waals surface area contributed by atoms with Gasteiger partial charge in [-0.2, -0.15) is 0 Å². The van der Waals surface area contributed by atoms with Crippen LogP contribution in [0.25, 0.3) is 10.8 Å². The number of amides is 2. The molecule has 1 N–H and O–H groups in total. The fourth-order valence-electron chi connectivity index (χ4n) is 3.85. The Morgan fingerprint density at radius 3 is 2.79 bits per heavy atom. The first-order valence-electron chi connectivity index (χ1n) is 9.47. The molecule has 0 saturated carbocycles. The van der Waals surface area contributed by atoms with E-state index in [2.05, 4.69) is 34.7 Å². The van der Waals surface area contributed by atoms with Crippen LogP contribution in [0.3, 0.4) is 0 Å². The second kappa shape index (κ2) is 7.46. The van der Waals surface area contributed by atoms with E-state index >= 15 is 0 Å². The minimum atomic E-state index is -0.171. The number of benzene rings is 2. The largest absolute Gasteiger partial charge is 0.361 e. The zero-order valence-electron chi connectivity index (χ0n) is 16.1. The first-order chi connectivity index (χ1) is 13.5. The molecule has 1 saturated heterocycles. The van der Waals surface area contributed by atoms with Crippen molar-refractivity contribution in [3.8, 4) is 0 Å². The molecule has 0 aliphatic carbocycles. The van der Waals surface area contributed by atoms with Gasteiger partial charge in [-0.15, -0.1) is 0 Å². The van der Waals surface area contributed by atoms with Gasteiger partial charge in [0.05, 0.1) is 18.2 Å². The molecule has 144 valence electrons. The maximum absolute atomic E-state index is 12.5. The highest BCUT2D eigenvalue weighted by Gasteiger charge is 2.31. The van der Waals surface area contributed by atoms with Crippen molar-refractivity contribution in [3.63, 3.8) is 0 Å². The quantitative estimate of drug-likeness (QED) is 0.742. The van der Waals surface area contributed by atoms with Crippen molar-refractivity contribution in [2.24, 2.45) is 0 Å². The summed E-state index contributed by atoms with van der Waals surface area (Å²) in [6, 6.07) is 14.1. The zero-order chi connectivity index (χ0) is 19.7. The molecular weight excluding hydrogens is 354 g/mol. The predicted molar refractivity (Wildman–Crippen MR) is 106 cm³/mol. The number of rotatable bonds is 5. The third-order valence-electron chi connectivity index (χ3n) is 5.34. The monoisotopic (exact) mass is 377 g/mol. The standard InChI is InChI=1S/C22H23N3O3/c1-14-20(15(2)28-24-14)11-21(26)23-18-10-22(27)25(13-18)12-17-8-5-7-16-6-3-4-9-19(16)17/h3-9,18H,10-13H2,1-2H3,(H,23,26)/t18-/m1/s1. The molecule has 0 radical (unpaired) electrons. The Kier molecular flexibility index (Phi) is 4.86. The van der Waals surface area contributed by atoms with Gasteiger partial charge >= 0.3 is 0 Å². The van der Waals surface area contributed by atoms with E-state index in [4.69, 9.17) is 4.52 Å². The lowest BCUT2D eigenvalue weighted by molar-refractivity contribution is -0.128. The number of hydrogen-bond acceptors (Lipinski definition) is 4. The lowest BCUT2D eigenvalue weighted by atomic mass is 10.0. The van der Waals surface area contributed by atoms with Crippen molar-refractivity contribution in [3.05, 3.63) is 65.0 Å². The Bertz CT molecular complexity index is 1020. The van der Waals surface area contributed by atoms with E-state index in [1.807, 2.05) is 30.0 Å². The highest BCUT2D eigenvalue weighted by molar-refractivity contribution is 5.87. The van der Waals surface area contributed by atoms with Crippen LogP contribution < -0.4 is 5.32 Å². The Labute approximate surface area is 163 Å². The lowest BCUT2D eigenvalue weighted by Gasteiger charge is -2.18. The van der Waals surface area contributed by atoms with Gasteiger partial charge in [0.2, 0.25) is 11.8 Å². The van der Waals surface area contributed by atoms with Gasteiger partial charge < -0.3 is 14.7 Å². The molecule has 4 rings (SSSR count). The maximum atomic E-state index is 12.5. The van der Waals surface area contributed by atoms with Gasteiger partial charge in [0, 0.05) is 25.1 Å². The molecule has 0 unspecified atom stereocenters. The molecule has 0 spiro atoms. The van der Waals surface area contributed by atoms with E-state index in [0.29, 0.717) is 25.3 Å². The van der Waals surface area contributed by atoms with Crippen LogP contribution in [0.15, 0.2) is 47.0 Å². The Morgan fingerprint density at radius 2 is 2.00 bits per heavy atom. The topological polar surface area (TPSA) is 75.4 Å². The SMILES string of the molecule is Cc1noc(C)c1CC(=O)N[C@@H]1CC(=O)N(Cc2cccc3ccccc23)C1. The summed E-state index contributed by atoms with van der Waals surface area (Å²) in [6.45, 7) is 4.70. The van der Waals surface area contributed by atoms with Gasteiger partial charge in [-0.25, -0.2) is 0 Å². The van der Waals surface area contributed by atoms with Crippen LogP contribution in [-0.4, -0.2) is 34.5 Å². The van der Waals surface area contributed by atoms with Crippen LogP contribution in [0.4, 0.5) is 0 Å². The molecule has 1 aromatic heterocycles. The van der Waals surface area contributed by atoms with E-state index in [-0.39, 0.29) is 24.3 Å². The molecular formula is C22H23N3O3. The van der Waals surface area contributed by atoms with Gasteiger partial charge in [-0.3, -0.25) is 9.59 Å². The fraction of sp³-hybridized carbons (Fsp3) is 0.318. The first-order valence-corrected chi connectivity index (χ1v) is 9.47. The number of nitrogens with one attached hydrogen (secondary N) is 1. The summed E-state index contributed by atoms with van der Waals surface area (Å²) in [4.78, 5) is 26.7. The molecule has 2 amide bonds. The molecule has 28 heavy (non-hydrogen) atoms. The van der Waals surface area contributed by atoms with E-state index in [1.54, 1.807) is 6.92 Å². The Balaban J connectivity index is 1.40. The van der Waals surface area contributed by atoms with Crippen LogP contribution in [0.1, 0.15) is 29.0 Å². The second-order valence-electron chi connectivity index (χ2n) is 7.36. The number of nitrogens with zero attached hydrogens (tertiary/aromatic N) is 2. The molecule has 1 aliphatic rings. The maximum Gasteiger partial charge on any atom is 0.225 e. The van der Waals surface area contributed by atoms with Gasteiger partial charge in [-0.05, 0) is 30.2 Å². The number of aryl methyl sites for hydroxylation is 2.